The van der Waals surface area contributed by atoms with Crippen LogP contribution in [0.1, 0.15) is 24.1 Å². The van der Waals surface area contributed by atoms with Crippen molar-refractivity contribution in [1.82, 2.24) is 10.2 Å². The lowest BCUT2D eigenvalue weighted by Crippen LogP contribution is -2.39. The fourth-order valence-electron chi connectivity index (χ4n) is 2.54. The number of likely N-dealkylation sites (N-methyl/N-ethyl adjacent to an activating group) is 1. The van der Waals surface area contributed by atoms with E-state index in [-0.39, 0.29) is 30.9 Å². The second kappa shape index (κ2) is 9.74. The van der Waals surface area contributed by atoms with Crippen LogP contribution in [0.4, 0.5) is 5.69 Å². The molecule has 144 valence electrons. The van der Waals surface area contributed by atoms with Crippen LogP contribution in [0, 0.1) is 6.92 Å². The summed E-state index contributed by atoms with van der Waals surface area (Å²) in [5.74, 6) is -0.356. The Morgan fingerprint density at radius 2 is 1.63 bits per heavy atom. The minimum absolute atomic E-state index is 0.104. The average molecular weight is 408 g/mol. The zero-order valence-corrected chi connectivity index (χ0v) is 17.1. The lowest BCUT2D eigenvalue weighted by molar-refractivity contribution is -0.123. The monoisotopic (exact) mass is 407 g/mol. The maximum absolute atomic E-state index is 12.2. The standard InChI is InChI=1S/C20H23Cl2N3O2/c1-13-4-7-16(8-5-13)24-20(27)12-25(3)11-19(26)23-14(2)15-6-9-17(21)18(22)10-15/h4-10,14H,11-12H2,1-3H3,(H,23,26)(H,24,27)/t14-/m0/s1. The zero-order valence-electron chi connectivity index (χ0n) is 15.6. The number of hydrogen-bond donors (Lipinski definition) is 2. The summed E-state index contributed by atoms with van der Waals surface area (Å²) in [5.41, 5.74) is 2.71. The molecule has 0 unspecified atom stereocenters. The second-order valence-electron chi connectivity index (χ2n) is 6.55. The minimum Gasteiger partial charge on any atom is -0.348 e. The van der Waals surface area contributed by atoms with Crippen LogP contribution in [0.3, 0.4) is 0 Å². The molecule has 1 atom stereocenters. The topological polar surface area (TPSA) is 61.4 Å². The first-order chi connectivity index (χ1) is 12.7. The van der Waals surface area contributed by atoms with Crippen LogP contribution in [0.25, 0.3) is 0 Å². The Hall–Kier alpha value is -2.08. The summed E-state index contributed by atoms with van der Waals surface area (Å²) in [5, 5.41) is 6.62. The maximum atomic E-state index is 12.2. The van der Waals surface area contributed by atoms with Gasteiger partial charge in [0.05, 0.1) is 29.2 Å². The highest BCUT2D eigenvalue weighted by Crippen LogP contribution is 2.25. The van der Waals surface area contributed by atoms with Crippen molar-refractivity contribution in [2.45, 2.75) is 19.9 Å². The van der Waals surface area contributed by atoms with Crippen LogP contribution in [-0.4, -0.2) is 36.9 Å². The van der Waals surface area contributed by atoms with E-state index >= 15 is 0 Å². The minimum atomic E-state index is -0.220. The number of carbonyl (C=O) groups is 2. The third-order valence-electron chi connectivity index (χ3n) is 3.98. The number of aryl methyl sites for hydroxylation is 1. The van der Waals surface area contributed by atoms with Gasteiger partial charge in [-0.1, -0.05) is 47.0 Å². The van der Waals surface area contributed by atoms with Gasteiger partial charge < -0.3 is 10.6 Å². The lowest BCUT2D eigenvalue weighted by atomic mass is 10.1. The van der Waals surface area contributed by atoms with Crippen molar-refractivity contribution in [2.75, 3.05) is 25.5 Å². The lowest BCUT2D eigenvalue weighted by Gasteiger charge is -2.19. The predicted molar refractivity (Wildman–Crippen MR) is 110 cm³/mol. The van der Waals surface area contributed by atoms with Crippen molar-refractivity contribution in [3.05, 3.63) is 63.6 Å². The number of hydrogen-bond acceptors (Lipinski definition) is 3. The molecule has 2 amide bonds. The molecule has 2 aromatic carbocycles. The quantitative estimate of drug-likeness (QED) is 0.727. The first kappa shape index (κ1) is 21.2. The molecule has 7 heteroatoms. The fraction of sp³-hybridized carbons (Fsp3) is 0.300. The van der Waals surface area contributed by atoms with Crippen LogP contribution in [0.15, 0.2) is 42.5 Å². The van der Waals surface area contributed by atoms with Gasteiger partial charge in [-0.05, 0) is 50.7 Å². The third kappa shape index (κ3) is 6.86. The van der Waals surface area contributed by atoms with E-state index in [2.05, 4.69) is 10.6 Å². The van der Waals surface area contributed by atoms with Crippen LogP contribution < -0.4 is 10.6 Å². The van der Waals surface area contributed by atoms with Crippen molar-refractivity contribution in [3.63, 3.8) is 0 Å². The molecule has 0 heterocycles. The van der Waals surface area contributed by atoms with E-state index in [4.69, 9.17) is 23.2 Å². The third-order valence-corrected chi connectivity index (χ3v) is 4.72. The van der Waals surface area contributed by atoms with Gasteiger partial charge >= 0.3 is 0 Å². The van der Waals surface area contributed by atoms with E-state index < -0.39 is 0 Å². The highest BCUT2D eigenvalue weighted by atomic mass is 35.5. The Morgan fingerprint density at radius 3 is 2.26 bits per heavy atom. The van der Waals surface area contributed by atoms with Crippen LogP contribution in [0.5, 0.6) is 0 Å². The SMILES string of the molecule is Cc1ccc(NC(=O)CN(C)CC(=O)N[C@@H](C)c2ccc(Cl)c(Cl)c2)cc1. The molecule has 0 saturated heterocycles. The van der Waals surface area contributed by atoms with E-state index in [0.717, 1.165) is 16.8 Å². The zero-order chi connectivity index (χ0) is 20.0. The van der Waals surface area contributed by atoms with Crippen molar-refractivity contribution in [3.8, 4) is 0 Å². The van der Waals surface area contributed by atoms with E-state index in [9.17, 15) is 9.59 Å². The molecule has 0 aliphatic carbocycles. The average Bonchev–Trinajstić information content (AvgIpc) is 2.58. The van der Waals surface area contributed by atoms with Gasteiger partial charge in [0, 0.05) is 5.69 Å². The van der Waals surface area contributed by atoms with Gasteiger partial charge in [-0.15, -0.1) is 0 Å². The number of anilines is 1. The van der Waals surface area contributed by atoms with E-state index in [1.807, 2.05) is 44.2 Å². The molecule has 0 bridgehead atoms. The van der Waals surface area contributed by atoms with Gasteiger partial charge in [0.25, 0.3) is 0 Å². The smallest absolute Gasteiger partial charge is 0.238 e. The van der Waals surface area contributed by atoms with E-state index in [1.54, 1.807) is 24.1 Å². The molecule has 2 N–H and O–H groups in total. The highest BCUT2D eigenvalue weighted by Gasteiger charge is 2.14. The molecular weight excluding hydrogens is 385 g/mol. The van der Waals surface area contributed by atoms with Crippen molar-refractivity contribution in [1.29, 1.82) is 0 Å². The molecule has 0 saturated carbocycles. The van der Waals surface area contributed by atoms with Crippen LogP contribution in [0.2, 0.25) is 10.0 Å². The summed E-state index contributed by atoms with van der Waals surface area (Å²) < 4.78 is 0. The van der Waals surface area contributed by atoms with Gasteiger partial charge in [0.1, 0.15) is 0 Å². The van der Waals surface area contributed by atoms with Gasteiger partial charge in [-0.2, -0.15) is 0 Å². The maximum Gasteiger partial charge on any atom is 0.238 e. The number of carbonyl (C=O) groups excluding carboxylic acids is 2. The largest absolute Gasteiger partial charge is 0.348 e. The molecule has 5 nitrogen and oxygen atoms in total. The number of amides is 2. The molecule has 0 aromatic heterocycles. The first-order valence-corrected chi connectivity index (χ1v) is 9.29. The molecular formula is C20H23Cl2N3O2. The molecule has 27 heavy (non-hydrogen) atoms. The van der Waals surface area contributed by atoms with E-state index in [0.29, 0.717) is 10.0 Å². The molecule has 2 rings (SSSR count). The van der Waals surface area contributed by atoms with Crippen molar-refractivity contribution in [2.24, 2.45) is 0 Å². The number of benzene rings is 2. The van der Waals surface area contributed by atoms with Gasteiger partial charge in [-0.3, -0.25) is 14.5 Å². The fourth-order valence-corrected chi connectivity index (χ4v) is 2.84. The van der Waals surface area contributed by atoms with E-state index in [1.165, 1.54) is 0 Å². The van der Waals surface area contributed by atoms with Crippen molar-refractivity contribution < 1.29 is 9.59 Å². The Balaban J connectivity index is 1.81. The predicted octanol–water partition coefficient (Wildman–Crippen LogP) is 4.05. The number of rotatable bonds is 7. The molecule has 0 radical (unpaired) electrons. The summed E-state index contributed by atoms with van der Waals surface area (Å²) in [6, 6.07) is 12.6. The number of nitrogens with zero attached hydrogens (tertiary/aromatic N) is 1. The van der Waals surface area contributed by atoms with Crippen LogP contribution >= 0.6 is 23.2 Å². The second-order valence-corrected chi connectivity index (χ2v) is 7.36. The van der Waals surface area contributed by atoms with Gasteiger partial charge in [0.15, 0.2) is 0 Å². The molecule has 0 fully saturated rings. The van der Waals surface area contributed by atoms with Crippen molar-refractivity contribution >= 4 is 40.7 Å². The Bertz CT molecular complexity index is 809. The molecule has 0 aliphatic heterocycles. The highest BCUT2D eigenvalue weighted by molar-refractivity contribution is 6.42. The Morgan fingerprint density at radius 1 is 1.00 bits per heavy atom. The number of halogens is 2. The number of nitrogens with one attached hydrogen (secondary N) is 2. The summed E-state index contributed by atoms with van der Waals surface area (Å²) in [7, 11) is 1.72. The summed E-state index contributed by atoms with van der Waals surface area (Å²) in [4.78, 5) is 26.0. The normalized spacial score (nSPS) is 11.9. The van der Waals surface area contributed by atoms with Crippen LogP contribution in [-0.2, 0) is 9.59 Å². The summed E-state index contributed by atoms with van der Waals surface area (Å²) >= 11 is 11.9. The van der Waals surface area contributed by atoms with Gasteiger partial charge in [-0.25, -0.2) is 0 Å². The molecule has 2 aromatic rings. The Labute approximate surface area is 169 Å². The van der Waals surface area contributed by atoms with Gasteiger partial charge in [0.2, 0.25) is 11.8 Å². The summed E-state index contributed by atoms with van der Waals surface area (Å²) in [6.45, 7) is 4.06. The molecule has 0 aliphatic rings. The summed E-state index contributed by atoms with van der Waals surface area (Å²) in [6.07, 6.45) is 0. The molecule has 0 spiro atoms. The Kier molecular flexibility index (Phi) is 7.66. The first-order valence-electron chi connectivity index (χ1n) is 8.54.